The van der Waals surface area contributed by atoms with Crippen LogP contribution in [0.4, 0.5) is 5.82 Å². The summed E-state index contributed by atoms with van der Waals surface area (Å²) in [6.45, 7) is 1.32. The number of anilines is 1. The molecule has 0 aliphatic carbocycles. The Labute approximate surface area is 156 Å². The van der Waals surface area contributed by atoms with Gasteiger partial charge in [-0.05, 0) is 0 Å². The zero-order chi connectivity index (χ0) is 17.7. The van der Waals surface area contributed by atoms with Crippen molar-refractivity contribution < 1.29 is 5.11 Å². The van der Waals surface area contributed by atoms with Crippen molar-refractivity contribution in [3.63, 3.8) is 0 Å². The van der Waals surface area contributed by atoms with Crippen LogP contribution in [0.2, 0.25) is 10.6 Å². The molecule has 0 saturated heterocycles. The van der Waals surface area contributed by atoms with Crippen LogP contribution in [-0.2, 0) is 6.54 Å². The standard InChI is InChI=1S/C18H31N5OSe/c19-17-16-18(21-14-20-17)23(15-22-16)10-13-25-12-9-7-5-3-1-2-4-6-8-11-24/h14-15,24H,1-13H2,(H2,19,20,21). The summed E-state index contributed by atoms with van der Waals surface area (Å²) in [6, 6.07) is 0. The second-order valence-electron chi connectivity index (χ2n) is 6.39. The number of aliphatic hydroxyl groups excluding tert-OH is 1. The van der Waals surface area contributed by atoms with E-state index in [0.717, 1.165) is 18.6 Å². The van der Waals surface area contributed by atoms with Gasteiger partial charge in [0.1, 0.15) is 0 Å². The predicted octanol–water partition coefficient (Wildman–Crippen LogP) is 3.45. The number of aryl methyl sites for hydroxylation is 1. The third-order valence-electron chi connectivity index (χ3n) is 4.35. The minimum absolute atomic E-state index is 0.348. The Hall–Kier alpha value is -1.17. The first-order valence-corrected chi connectivity index (χ1v) is 11.8. The van der Waals surface area contributed by atoms with Crippen molar-refractivity contribution in [1.29, 1.82) is 0 Å². The van der Waals surface area contributed by atoms with Crippen LogP contribution in [0.25, 0.3) is 11.2 Å². The molecule has 0 aliphatic heterocycles. The first-order valence-electron chi connectivity index (χ1n) is 9.43. The summed E-state index contributed by atoms with van der Waals surface area (Å²) in [5.41, 5.74) is 7.37. The Morgan fingerprint density at radius 2 is 1.56 bits per heavy atom. The third-order valence-corrected chi connectivity index (χ3v) is 6.55. The molecule has 0 bridgehead atoms. The SMILES string of the molecule is Nc1ncnc2c1ncn2CC[Se]CCCCCCCCCCCO. The van der Waals surface area contributed by atoms with E-state index in [1.54, 1.807) is 0 Å². The Bertz CT molecular complexity index is 604. The fourth-order valence-electron chi connectivity index (χ4n) is 2.88. The van der Waals surface area contributed by atoms with Crippen molar-refractivity contribution in [1.82, 2.24) is 19.5 Å². The number of aliphatic hydroxyl groups is 1. The van der Waals surface area contributed by atoms with Crippen LogP contribution in [0, 0.1) is 0 Å². The number of aromatic nitrogens is 4. The summed E-state index contributed by atoms with van der Waals surface area (Å²) in [6.07, 6.45) is 14.9. The fourth-order valence-corrected chi connectivity index (χ4v) is 4.85. The summed E-state index contributed by atoms with van der Waals surface area (Å²) in [4.78, 5) is 12.6. The topological polar surface area (TPSA) is 89.9 Å². The van der Waals surface area contributed by atoms with Gasteiger partial charge in [0.2, 0.25) is 0 Å². The monoisotopic (exact) mass is 413 g/mol. The summed E-state index contributed by atoms with van der Waals surface area (Å²) >= 11 is 0.694. The molecule has 25 heavy (non-hydrogen) atoms. The third kappa shape index (κ3) is 7.30. The number of rotatable bonds is 14. The van der Waals surface area contributed by atoms with E-state index in [0.29, 0.717) is 32.9 Å². The van der Waals surface area contributed by atoms with Crippen LogP contribution in [0.15, 0.2) is 12.7 Å². The number of imidazole rings is 1. The van der Waals surface area contributed by atoms with Gasteiger partial charge in [-0.2, -0.15) is 0 Å². The number of hydrogen-bond donors (Lipinski definition) is 2. The molecular weight excluding hydrogens is 381 g/mol. The maximum atomic E-state index is 8.73. The van der Waals surface area contributed by atoms with Crippen LogP contribution < -0.4 is 5.73 Å². The van der Waals surface area contributed by atoms with Gasteiger partial charge < -0.3 is 0 Å². The zero-order valence-corrected chi connectivity index (χ0v) is 16.8. The van der Waals surface area contributed by atoms with Gasteiger partial charge in [-0.1, -0.05) is 0 Å². The molecule has 2 rings (SSSR count). The fraction of sp³-hybridized carbons (Fsp3) is 0.722. The van der Waals surface area contributed by atoms with E-state index in [1.165, 1.54) is 68.3 Å². The van der Waals surface area contributed by atoms with E-state index in [-0.39, 0.29) is 0 Å². The normalized spacial score (nSPS) is 11.4. The zero-order valence-electron chi connectivity index (χ0n) is 15.1. The molecule has 2 aromatic rings. The molecule has 0 saturated carbocycles. The summed E-state index contributed by atoms with van der Waals surface area (Å²) in [5, 5.41) is 11.3. The van der Waals surface area contributed by atoms with E-state index < -0.39 is 0 Å². The second-order valence-corrected chi connectivity index (χ2v) is 8.96. The summed E-state index contributed by atoms with van der Waals surface area (Å²) in [7, 11) is 0. The Morgan fingerprint density at radius 1 is 0.880 bits per heavy atom. The summed E-state index contributed by atoms with van der Waals surface area (Å²) < 4.78 is 2.09. The summed E-state index contributed by atoms with van der Waals surface area (Å²) in [5.74, 6) is 0.461. The van der Waals surface area contributed by atoms with E-state index in [2.05, 4.69) is 19.5 Å². The molecule has 0 radical (unpaired) electrons. The molecular formula is C18H31N5OSe. The van der Waals surface area contributed by atoms with Gasteiger partial charge >= 0.3 is 157 Å². The molecule has 0 aromatic carbocycles. The van der Waals surface area contributed by atoms with Crippen LogP contribution in [0.3, 0.4) is 0 Å². The van der Waals surface area contributed by atoms with E-state index in [9.17, 15) is 0 Å². The molecule has 140 valence electrons. The van der Waals surface area contributed by atoms with Crippen molar-refractivity contribution in [2.24, 2.45) is 0 Å². The first-order chi connectivity index (χ1) is 12.3. The van der Waals surface area contributed by atoms with Gasteiger partial charge in [0.05, 0.1) is 0 Å². The van der Waals surface area contributed by atoms with Crippen molar-refractivity contribution in [2.45, 2.75) is 75.0 Å². The minimum atomic E-state index is 0.348. The van der Waals surface area contributed by atoms with Crippen LogP contribution in [-0.4, -0.2) is 46.2 Å². The quantitative estimate of drug-likeness (QED) is 0.366. The van der Waals surface area contributed by atoms with Crippen LogP contribution in [0.1, 0.15) is 57.8 Å². The molecule has 0 fully saturated rings. The number of unbranched alkanes of at least 4 members (excludes halogenated alkanes) is 8. The maximum absolute atomic E-state index is 8.73. The Balaban J connectivity index is 1.45. The van der Waals surface area contributed by atoms with Crippen molar-refractivity contribution in [3.8, 4) is 0 Å². The van der Waals surface area contributed by atoms with Gasteiger partial charge in [-0.15, -0.1) is 0 Å². The van der Waals surface area contributed by atoms with Gasteiger partial charge in [-0.25, -0.2) is 0 Å². The van der Waals surface area contributed by atoms with Gasteiger partial charge in [0, 0.05) is 0 Å². The molecule has 0 spiro atoms. The Kier molecular flexibility index (Phi) is 9.85. The average Bonchev–Trinajstić information content (AvgIpc) is 3.03. The van der Waals surface area contributed by atoms with Crippen molar-refractivity contribution >= 4 is 31.9 Å². The van der Waals surface area contributed by atoms with Crippen LogP contribution in [0.5, 0.6) is 0 Å². The molecule has 0 aliphatic rings. The molecule has 3 N–H and O–H groups in total. The van der Waals surface area contributed by atoms with Gasteiger partial charge in [0.15, 0.2) is 0 Å². The number of hydrogen-bond acceptors (Lipinski definition) is 5. The predicted molar refractivity (Wildman–Crippen MR) is 104 cm³/mol. The molecule has 2 aromatic heterocycles. The van der Waals surface area contributed by atoms with Crippen LogP contribution >= 0.6 is 0 Å². The molecule has 7 heteroatoms. The second kappa shape index (κ2) is 12.2. The first kappa shape index (κ1) is 20.1. The molecule has 0 atom stereocenters. The number of fused-ring (bicyclic) bond motifs is 1. The van der Waals surface area contributed by atoms with Crippen molar-refractivity contribution in [2.75, 3.05) is 12.3 Å². The average molecular weight is 412 g/mol. The molecule has 0 unspecified atom stereocenters. The van der Waals surface area contributed by atoms with E-state index in [4.69, 9.17) is 10.8 Å². The van der Waals surface area contributed by atoms with E-state index in [1.807, 2.05) is 6.33 Å². The molecule has 6 nitrogen and oxygen atoms in total. The Morgan fingerprint density at radius 3 is 2.28 bits per heavy atom. The number of nitrogens with zero attached hydrogens (tertiary/aromatic N) is 4. The molecule has 2 heterocycles. The number of nitrogen functional groups attached to an aromatic ring is 1. The van der Waals surface area contributed by atoms with E-state index >= 15 is 0 Å². The number of nitrogens with two attached hydrogens (primary N) is 1. The molecule has 0 amide bonds. The van der Waals surface area contributed by atoms with Gasteiger partial charge in [-0.3, -0.25) is 0 Å². The van der Waals surface area contributed by atoms with Gasteiger partial charge in [0.25, 0.3) is 0 Å². The van der Waals surface area contributed by atoms with Crippen molar-refractivity contribution in [3.05, 3.63) is 12.7 Å².